The molecule has 134 valence electrons. The van der Waals surface area contributed by atoms with Crippen LogP contribution in [-0.4, -0.2) is 32.2 Å². The van der Waals surface area contributed by atoms with Gasteiger partial charge in [-0.05, 0) is 38.6 Å². The van der Waals surface area contributed by atoms with Crippen LogP contribution in [0.2, 0.25) is 0 Å². The Hall–Kier alpha value is 1.29. The van der Waals surface area contributed by atoms with Crippen molar-refractivity contribution in [3.8, 4) is 0 Å². The molecule has 0 nitrogen and oxygen atoms in total. The van der Waals surface area contributed by atoms with Gasteiger partial charge in [0.25, 0.3) is 0 Å². The Morgan fingerprint density at radius 2 is 0.955 bits per heavy atom. The van der Waals surface area contributed by atoms with Crippen molar-refractivity contribution in [2.24, 2.45) is 0 Å². The van der Waals surface area contributed by atoms with Crippen LogP contribution in [0, 0.1) is 0 Å². The third kappa shape index (κ3) is 7.45. The van der Waals surface area contributed by atoms with Crippen molar-refractivity contribution in [1.29, 1.82) is 0 Å². The summed E-state index contributed by atoms with van der Waals surface area (Å²) >= 11 is 0. The lowest BCUT2D eigenvalue weighted by Gasteiger charge is -2.47. The van der Waals surface area contributed by atoms with Gasteiger partial charge in [0.1, 0.15) is 0 Å². The van der Waals surface area contributed by atoms with Gasteiger partial charge in [-0.15, -0.1) is 9.24 Å². The average Bonchev–Trinajstić information content (AvgIpc) is 2.06. The minimum absolute atomic E-state index is 0.0253. The van der Waals surface area contributed by atoms with Crippen molar-refractivity contribution in [1.82, 2.24) is 0 Å². The fraction of sp³-hybridized carbons (Fsp3) is 1.00. The van der Waals surface area contributed by atoms with Gasteiger partial charge in [0.15, 0.2) is 0 Å². The van der Waals surface area contributed by atoms with Crippen LogP contribution in [0.3, 0.4) is 0 Å². The number of rotatable bonds is 4. The first-order valence-corrected chi connectivity index (χ1v) is 12.3. The molecule has 0 aliphatic carbocycles. The third-order valence-electron chi connectivity index (χ3n) is 4.05. The van der Waals surface area contributed by atoms with Crippen molar-refractivity contribution >= 4 is 25.1 Å². The molecule has 0 rings (SSSR count). The Morgan fingerprint density at radius 1 is 0.636 bits per heavy atom. The predicted molar refractivity (Wildman–Crippen MR) is 116 cm³/mol. The molecule has 2 unspecified atom stereocenters. The first-order valence-electron chi connectivity index (χ1n) is 8.71. The summed E-state index contributed by atoms with van der Waals surface area (Å²) in [6.45, 7) is 29.3. The highest BCUT2D eigenvalue weighted by Crippen LogP contribution is 2.67. The lowest BCUT2D eigenvalue weighted by Crippen LogP contribution is -2.31. The van der Waals surface area contributed by atoms with Crippen LogP contribution in [0.1, 0.15) is 89.5 Å². The van der Waals surface area contributed by atoms with E-state index < -0.39 is 0 Å². The second-order valence-electron chi connectivity index (χ2n) is 10.6. The van der Waals surface area contributed by atoms with Gasteiger partial charge >= 0.3 is 0 Å². The van der Waals surface area contributed by atoms with E-state index in [2.05, 4.69) is 92.3 Å². The minimum atomic E-state index is -0.0330. The first kappa shape index (κ1) is 23.3. The summed E-state index contributed by atoms with van der Waals surface area (Å²) in [5.74, 6) is 0. The average molecular weight is 364 g/mol. The Labute approximate surface area is 147 Å². The summed E-state index contributed by atoms with van der Waals surface area (Å²) in [5.41, 5.74) is 0. The Bertz CT molecular complexity index is 306. The molecule has 0 heterocycles. The van der Waals surface area contributed by atoms with Crippen molar-refractivity contribution in [3.63, 3.8) is 0 Å². The number of hydrogen-bond acceptors (Lipinski definition) is 0. The van der Waals surface area contributed by atoms with Crippen LogP contribution in [0.4, 0.5) is 0 Å². The van der Waals surface area contributed by atoms with Crippen LogP contribution in [-0.2, 0) is 0 Å². The van der Waals surface area contributed by atoms with Gasteiger partial charge in [-0.3, -0.25) is 0 Å². The molecule has 0 radical (unpaired) electrons. The summed E-state index contributed by atoms with van der Waals surface area (Å²) in [6, 6.07) is 0. The van der Waals surface area contributed by atoms with Crippen molar-refractivity contribution in [2.45, 2.75) is 116 Å². The van der Waals surface area contributed by atoms with E-state index in [9.17, 15) is 0 Å². The molecule has 0 aromatic carbocycles. The molecule has 0 bridgehead atoms. The van der Waals surface area contributed by atoms with E-state index in [1.165, 1.54) is 12.6 Å². The predicted octanol–water partition coefficient (Wildman–Crippen LogP) is 7.74. The summed E-state index contributed by atoms with van der Waals surface area (Å²) in [4.78, 5) is 0. The van der Waals surface area contributed by atoms with E-state index in [0.717, 1.165) is 5.40 Å². The largest absolute Gasteiger partial charge is 0.130 e. The van der Waals surface area contributed by atoms with E-state index in [4.69, 9.17) is 0 Å². The number of hydrogen-bond donors (Lipinski definition) is 0. The standard InChI is InChI=1S/C19H43P3/c1-16(2,3)21(17(4,5)6)14-13-15(20)22(18(7,8)9)19(10,11)12/h15H,13-14,20H2,1-12H3. The van der Waals surface area contributed by atoms with E-state index in [1.807, 2.05) is 0 Å². The van der Waals surface area contributed by atoms with Gasteiger partial charge in [-0.1, -0.05) is 98.9 Å². The third-order valence-corrected chi connectivity index (χ3v) is 13.0. The monoisotopic (exact) mass is 364 g/mol. The SMILES string of the molecule is CC(C)(C)P(CCC(P)P(C(C)(C)C)C(C)(C)C)C(C)(C)C. The molecule has 0 aliphatic rings. The molecule has 3 heteroatoms. The normalized spacial score (nSPS) is 16.5. The molecular formula is C19H43P3. The van der Waals surface area contributed by atoms with Gasteiger partial charge in [-0.2, -0.15) is 0 Å². The molecule has 22 heavy (non-hydrogen) atoms. The zero-order valence-corrected chi connectivity index (χ0v) is 20.4. The molecular weight excluding hydrogens is 321 g/mol. The van der Waals surface area contributed by atoms with E-state index in [0.29, 0.717) is 20.6 Å². The fourth-order valence-electron chi connectivity index (χ4n) is 4.07. The highest BCUT2D eigenvalue weighted by Gasteiger charge is 2.39. The van der Waals surface area contributed by atoms with Crippen molar-refractivity contribution in [3.05, 3.63) is 0 Å². The summed E-state index contributed by atoms with van der Waals surface area (Å²) in [6.07, 6.45) is 2.77. The molecule has 0 aromatic heterocycles. The smallest absolute Gasteiger partial charge is 0.00494 e. The van der Waals surface area contributed by atoms with E-state index >= 15 is 0 Å². The fourth-order valence-corrected chi connectivity index (χ4v) is 15.7. The first-order chi connectivity index (χ1) is 9.38. The second kappa shape index (κ2) is 7.67. The van der Waals surface area contributed by atoms with Crippen LogP contribution in [0.5, 0.6) is 0 Å². The lowest BCUT2D eigenvalue weighted by molar-refractivity contribution is 0.688. The summed E-state index contributed by atoms with van der Waals surface area (Å²) < 4.78 is 0. The van der Waals surface area contributed by atoms with Crippen LogP contribution in [0.25, 0.3) is 0 Å². The maximum Gasteiger partial charge on any atom is -0.00494 e. The van der Waals surface area contributed by atoms with Gasteiger partial charge < -0.3 is 0 Å². The van der Waals surface area contributed by atoms with Crippen molar-refractivity contribution in [2.75, 3.05) is 6.16 Å². The lowest BCUT2D eigenvalue weighted by atomic mass is 10.2. The van der Waals surface area contributed by atoms with Crippen molar-refractivity contribution < 1.29 is 0 Å². The van der Waals surface area contributed by atoms with Crippen LogP contribution >= 0.6 is 25.1 Å². The van der Waals surface area contributed by atoms with Crippen LogP contribution in [0.15, 0.2) is 0 Å². The van der Waals surface area contributed by atoms with E-state index in [1.54, 1.807) is 0 Å². The minimum Gasteiger partial charge on any atom is -0.130 e. The summed E-state index contributed by atoms with van der Waals surface area (Å²) in [7, 11) is 3.23. The molecule has 0 aromatic rings. The van der Waals surface area contributed by atoms with Gasteiger partial charge in [0.2, 0.25) is 0 Å². The van der Waals surface area contributed by atoms with E-state index in [-0.39, 0.29) is 15.8 Å². The molecule has 0 N–H and O–H groups in total. The summed E-state index contributed by atoms with van der Waals surface area (Å²) in [5, 5.41) is 2.51. The highest BCUT2D eigenvalue weighted by molar-refractivity contribution is 7.68. The van der Waals surface area contributed by atoms with Gasteiger partial charge in [0.05, 0.1) is 0 Å². The molecule has 0 fully saturated rings. The Balaban J connectivity index is 5.14. The molecule has 0 aliphatic heterocycles. The Morgan fingerprint density at radius 3 is 1.18 bits per heavy atom. The molecule has 0 amide bonds. The molecule has 2 atom stereocenters. The Kier molecular flexibility index (Phi) is 8.12. The zero-order chi connectivity index (χ0) is 18.1. The highest BCUT2D eigenvalue weighted by atomic mass is 31.2. The maximum atomic E-state index is 3.23. The van der Waals surface area contributed by atoms with Gasteiger partial charge in [0, 0.05) is 0 Å². The second-order valence-corrected chi connectivity index (χ2v) is 20.0. The van der Waals surface area contributed by atoms with Gasteiger partial charge in [-0.25, -0.2) is 0 Å². The molecule has 0 saturated carbocycles. The molecule has 0 saturated heterocycles. The quantitative estimate of drug-likeness (QED) is 0.448. The zero-order valence-electron chi connectivity index (χ0n) is 17.5. The van der Waals surface area contributed by atoms with Crippen LogP contribution < -0.4 is 0 Å². The topological polar surface area (TPSA) is 0 Å². The maximum absolute atomic E-state index is 3.23. The molecule has 0 spiro atoms.